The molecular formula is C19H15BrN2O3S. The van der Waals surface area contributed by atoms with Crippen LogP contribution in [0.25, 0.3) is 6.08 Å². The van der Waals surface area contributed by atoms with Crippen molar-refractivity contribution in [1.82, 2.24) is 4.90 Å². The van der Waals surface area contributed by atoms with E-state index >= 15 is 0 Å². The lowest BCUT2D eigenvalue weighted by Crippen LogP contribution is -2.28. The van der Waals surface area contributed by atoms with Crippen molar-refractivity contribution in [3.05, 3.63) is 69.0 Å². The lowest BCUT2D eigenvalue weighted by Gasteiger charge is -2.12. The van der Waals surface area contributed by atoms with Gasteiger partial charge in [-0.3, -0.25) is 9.69 Å². The van der Waals surface area contributed by atoms with Crippen molar-refractivity contribution in [2.45, 2.75) is 6.92 Å². The number of carboxylic acid groups (broad SMARTS) is 1. The quantitative estimate of drug-likeness (QED) is 0.708. The maximum Gasteiger partial charge on any atom is 0.335 e. The molecule has 0 bridgehead atoms. The van der Waals surface area contributed by atoms with E-state index in [-0.39, 0.29) is 11.5 Å². The molecule has 0 aliphatic carbocycles. The fourth-order valence-corrected chi connectivity index (χ4v) is 3.73. The molecule has 0 radical (unpaired) electrons. The number of likely N-dealkylation sites (N-methyl/N-ethyl adjacent to an activating group) is 1. The standard InChI is InChI=1S/C19H15BrN2O3S/c1-2-22-17(23)16(10-12-6-8-14(20)9-7-12)26-19(22)21-15-5-3-4-13(11-15)18(24)25/h3-11H,2H2,1H3,(H,24,25)/b16-10-,21-19?. The average molecular weight is 431 g/mol. The van der Waals surface area contributed by atoms with E-state index in [4.69, 9.17) is 5.11 Å². The molecule has 7 heteroatoms. The van der Waals surface area contributed by atoms with Crippen LogP contribution in [-0.2, 0) is 4.79 Å². The van der Waals surface area contributed by atoms with Gasteiger partial charge in [-0.25, -0.2) is 9.79 Å². The van der Waals surface area contributed by atoms with Crippen LogP contribution < -0.4 is 0 Å². The molecule has 2 aromatic rings. The van der Waals surface area contributed by atoms with E-state index < -0.39 is 5.97 Å². The minimum Gasteiger partial charge on any atom is -0.478 e. The molecule has 1 fully saturated rings. The second-order valence-corrected chi connectivity index (χ2v) is 7.39. The van der Waals surface area contributed by atoms with E-state index in [1.807, 2.05) is 37.3 Å². The third kappa shape index (κ3) is 4.05. The largest absolute Gasteiger partial charge is 0.478 e. The van der Waals surface area contributed by atoms with Gasteiger partial charge < -0.3 is 5.11 Å². The number of amides is 1. The number of aliphatic imine (C=N–C) groups is 1. The summed E-state index contributed by atoms with van der Waals surface area (Å²) in [5.74, 6) is -1.11. The molecular weight excluding hydrogens is 416 g/mol. The normalized spacial score (nSPS) is 17.3. The molecule has 0 unspecified atom stereocenters. The Kier molecular flexibility index (Phi) is 5.58. The summed E-state index contributed by atoms with van der Waals surface area (Å²) in [7, 11) is 0. The van der Waals surface area contributed by atoms with Crippen LogP contribution in [0.2, 0.25) is 0 Å². The Morgan fingerprint density at radius 2 is 2.00 bits per heavy atom. The number of carbonyl (C=O) groups is 2. The summed E-state index contributed by atoms with van der Waals surface area (Å²) < 4.78 is 0.973. The van der Waals surface area contributed by atoms with Gasteiger partial charge in [-0.1, -0.05) is 34.1 Å². The Bertz CT molecular complexity index is 923. The molecule has 1 aliphatic rings. The predicted octanol–water partition coefficient (Wildman–Crippen LogP) is 4.77. The third-order valence-electron chi connectivity index (χ3n) is 3.69. The summed E-state index contributed by atoms with van der Waals surface area (Å²) in [6.07, 6.45) is 1.83. The highest BCUT2D eigenvalue weighted by molar-refractivity contribution is 9.10. The van der Waals surface area contributed by atoms with Crippen LogP contribution in [0.15, 0.2) is 62.9 Å². The Balaban J connectivity index is 1.93. The maximum atomic E-state index is 12.6. The zero-order valence-corrected chi connectivity index (χ0v) is 16.3. The van der Waals surface area contributed by atoms with Crippen molar-refractivity contribution in [2.75, 3.05) is 6.54 Å². The first-order valence-corrected chi connectivity index (χ1v) is 9.48. The van der Waals surface area contributed by atoms with Crippen LogP contribution in [0.5, 0.6) is 0 Å². The minimum absolute atomic E-state index is 0.103. The van der Waals surface area contributed by atoms with Crippen LogP contribution in [-0.4, -0.2) is 33.6 Å². The first-order valence-electron chi connectivity index (χ1n) is 7.87. The fraction of sp³-hybridized carbons (Fsp3) is 0.105. The molecule has 5 nitrogen and oxygen atoms in total. The van der Waals surface area contributed by atoms with Gasteiger partial charge in [-0.15, -0.1) is 0 Å². The number of halogens is 1. The second kappa shape index (κ2) is 7.88. The van der Waals surface area contributed by atoms with E-state index in [0.29, 0.717) is 22.3 Å². The van der Waals surface area contributed by atoms with Crippen molar-refractivity contribution in [3.63, 3.8) is 0 Å². The maximum absolute atomic E-state index is 12.6. The highest BCUT2D eigenvalue weighted by Gasteiger charge is 2.32. The Morgan fingerprint density at radius 3 is 2.65 bits per heavy atom. The summed E-state index contributed by atoms with van der Waals surface area (Å²) in [4.78, 5) is 30.4. The fourth-order valence-electron chi connectivity index (χ4n) is 2.40. The number of amidine groups is 1. The van der Waals surface area contributed by atoms with Crippen molar-refractivity contribution in [1.29, 1.82) is 0 Å². The molecule has 0 spiro atoms. The summed E-state index contributed by atoms with van der Waals surface area (Å²) in [6, 6.07) is 14.0. The third-order valence-corrected chi connectivity index (χ3v) is 5.23. The highest BCUT2D eigenvalue weighted by atomic mass is 79.9. The van der Waals surface area contributed by atoms with Crippen LogP contribution in [0.3, 0.4) is 0 Å². The first kappa shape index (κ1) is 18.4. The van der Waals surface area contributed by atoms with Crippen LogP contribution in [0.4, 0.5) is 5.69 Å². The highest BCUT2D eigenvalue weighted by Crippen LogP contribution is 2.34. The zero-order chi connectivity index (χ0) is 18.7. The number of rotatable bonds is 4. The molecule has 132 valence electrons. The number of carbonyl (C=O) groups excluding carboxylic acids is 1. The van der Waals surface area contributed by atoms with Crippen LogP contribution in [0, 0.1) is 0 Å². The van der Waals surface area contributed by atoms with Gasteiger partial charge >= 0.3 is 5.97 Å². The molecule has 1 amide bonds. The molecule has 26 heavy (non-hydrogen) atoms. The number of benzene rings is 2. The molecule has 2 aromatic carbocycles. The second-order valence-electron chi connectivity index (χ2n) is 5.46. The average Bonchev–Trinajstić information content (AvgIpc) is 2.91. The summed E-state index contributed by atoms with van der Waals surface area (Å²) in [5.41, 5.74) is 1.59. The Hall–Kier alpha value is -2.38. The molecule has 1 heterocycles. The number of hydrogen-bond donors (Lipinski definition) is 1. The lowest BCUT2D eigenvalue weighted by molar-refractivity contribution is -0.122. The molecule has 0 saturated carbocycles. The van der Waals surface area contributed by atoms with Gasteiger partial charge in [0.2, 0.25) is 0 Å². The van der Waals surface area contributed by atoms with Gasteiger partial charge in [0.25, 0.3) is 5.91 Å². The van der Waals surface area contributed by atoms with E-state index in [1.165, 1.54) is 23.9 Å². The summed E-state index contributed by atoms with van der Waals surface area (Å²) in [5, 5.41) is 9.65. The molecule has 1 N–H and O–H groups in total. The van der Waals surface area contributed by atoms with Crippen LogP contribution >= 0.6 is 27.7 Å². The molecule has 1 aliphatic heterocycles. The van der Waals surface area contributed by atoms with Gasteiger partial charge in [-0.05, 0) is 60.7 Å². The summed E-state index contributed by atoms with van der Waals surface area (Å²) in [6.45, 7) is 2.37. The lowest BCUT2D eigenvalue weighted by atomic mass is 10.2. The predicted molar refractivity (Wildman–Crippen MR) is 108 cm³/mol. The molecule has 0 atom stereocenters. The van der Waals surface area contributed by atoms with E-state index in [2.05, 4.69) is 20.9 Å². The summed E-state index contributed by atoms with van der Waals surface area (Å²) >= 11 is 4.68. The smallest absolute Gasteiger partial charge is 0.335 e. The van der Waals surface area contributed by atoms with Gasteiger partial charge in [0.15, 0.2) is 5.17 Å². The molecule has 0 aromatic heterocycles. The van der Waals surface area contributed by atoms with Crippen molar-refractivity contribution < 1.29 is 14.7 Å². The number of aromatic carboxylic acids is 1. The SMILES string of the molecule is CCN1C(=O)/C(=C/c2ccc(Br)cc2)SC1=Nc1cccc(C(=O)O)c1. The van der Waals surface area contributed by atoms with E-state index in [9.17, 15) is 9.59 Å². The minimum atomic E-state index is -1.01. The number of hydrogen-bond acceptors (Lipinski definition) is 4. The number of thioether (sulfide) groups is 1. The van der Waals surface area contributed by atoms with Gasteiger partial charge in [0.1, 0.15) is 0 Å². The Labute approximate surface area is 163 Å². The van der Waals surface area contributed by atoms with Crippen LogP contribution in [0.1, 0.15) is 22.8 Å². The van der Waals surface area contributed by atoms with E-state index in [0.717, 1.165) is 10.0 Å². The van der Waals surface area contributed by atoms with E-state index in [1.54, 1.807) is 17.0 Å². The molecule has 1 saturated heterocycles. The monoisotopic (exact) mass is 430 g/mol. The number of carboxylic acids is 1. The van der Waals surface area contributed by atoms with Gasteiger partial charge in [0.05, 0.1) is 16.2 Å². The van der Waals surface area contributed by atoms with Crippen molar-refractivity contribution in [3.8, 4) is 0 Å². The van der Waals surface area contributed by atoms with Gasteiger partial charge in [0, 0.05) is 11.0 Å². The van der Waals surface area contributed by atoms with Crippen molar-refractivity contribution in [2.24, 2.45) is 4.99 Å². The Morgan fingerprint density at radius 1 is 1.27 bits per heavy atom. The molecule has 3 rings (SSSR count). The van der Waals surface area contributed by atoms with Gasteiger partial charge in [-0.2, -0.15) is 0 Å². The zero-order valence-electron chi connectivity index (χ0n) is 13.8. The first-order chi connectivity index (χ1) is 12.5. The van der Waals surface area contributed by atoms with Crippen molar-refractivity contribution >= 4 is 56.5 Å². The number of nitrogens with zero attached hydrogens (tertiary/aromatic N) is 2. The topological polar surface area (TPSA) is 70.0 Å².